The highest BCUT2D eigenvalue weighted by atomic mass is 16.3. The van der Waals surface area contributed by atoms with Crippen LogP contribution in [0.15, 0.2) is 41.5 Å². The van der Waals surface area contributed by atoms with E-state index in [1.807, 2.05) is 23.2 Å². The molecule has 2 heterocycles. The van der Waals surface area contributed by atoms with Gasteiger partial charge in [0.25, 0.3) is 5.91 Å². The number of nitrogens with zero attached hydrogens (tertiary/aromatic N) is 3. The van der Waals surface area contributed by atoms with E-state index >= 15 is 0 Å². The van der Waals surface area contributed by atoms with Gasteiger partial charge in [-0.15, -0.1) is 0 Å². The van der Waals surface area contributed by atoms with E-state index in [1.165, 1.54) is 11.1 Å². The summed E-state index contributed by atoms with van der Waals surface area (Å²) >= 11 is 0. The number of benzene rings is 1. The maximum Gasteiger partial charge on any atom is 0.266 e. The third kappa shape index (κ3) is 8.27. The number of carbonyl (C=O) groups is 2. The lowest BCUT2D eigenvalue weighted by Gasteiger charge is -2.32. The molecule has 1 saturated heterocycles. The number of amides is 2. The molecule has 1 aromatic rings. The second-order valence-electron chi connectivity index (χ2n) is 9.70. The van der Waals surface area contributed by atoms with E-state index in [9.17, 15) is 14.7 Å². The fraction of sp³-hybridized carbons (Fsp3) is 0.556. The Balaban J connectivity index is 1.44. The normalized spacial score (nSPS) is 20.8. The number of aliphatic imine (C=N–C) groups is 1. The van der Waals surface area contributed by atoms with Crippen molar-refractivity contribution >= 4 is 23.9 Å². The highest BCUT2D eigenvalue weighted by molar-refractivity contribution is 6.40. The number of rotatable bonds is 10. The van der Waals surface area contributed by atoms with Crippen LogP contribution in [0.4, 0.5) is 0 Å². The van der Waals surface area contributed by atoms with Gasteiger partial charge in [0.1, 0.15) is 12.1 Å². The first-order chi connectivity index (χ1) is 17.4. The first kappa shape index (κ1) is 27.5. The minimum absolute atomic E-state index is 0.116. The van der Waals surface area contributed by atoms with Crippen LogP contribution in [0.2, 0.25) is 0 Å². The van der Waals surface area contributed by atoms with Gasteiger partial charge in [0, 0.05) is 52.1 Å². The number of aliphatic hydroxyl groups is 1. The summed E-state index contributed by atoms with van der Waals surface area (Å²) in [7, 11) is 0. The van der Waals surface area contributed by atoms with E-state index in [0.717, 1.165) is 58.2 Å². The van der Waals surface area contributed by atoms with Gasteiger partial charge in [-0.2, -0.15) is 0 Å². The molecule has 36 heavy (non-hydrogen) atoms. The van der Waals surface area contributed by atoms with Crippen molar-refractivity contribution in [2.45, 2.75) is 70.7 Å². The first-order valence-corrected chi connectivity index (χ1v) is 12.9. The molecule has 0 saturated carbocycles. The van der Waals surface area contributed by atoms with Crippen molar-refractivity contribution in [3.63, 3.8) is 0 Å². The molecule has 3 rings (SSSR count). The molecule has 0 aromatic heterocycles. The summed E-state index contributed by atoms with van der Waals surface area (Å²) in [5.41, 5.74) is 2.86. The number of hydrogen-bond acceptors (Lipinski definition) is 6. The Kier molecular flexibility index (Phi) is 10.6. The first-order valence-electron chi connectivity index (χ1n) is 12.9. The van der Waals surface area contributed by atoms with Crippen LogP contribution in [0.3, 0.4) is 0 Å². The Morgan fingerprint density at radius 2 is 2.00 bits per heavy atom. The molecule has 1 unspecified atom stereocenters. The van der Waals surface area contributed by atoms with Crippen LogP contribution < -0.4 is 10.6 Å². The fourth-order valence-corrected chi connectivity index (χ4v) is 4.75. The molecule has 3 atom stereocenters. The van der Waals surface area contributed by atoms with Crippen molar-refractivity contribution in [1.82, 2.24) is 20.4 Å². The van der Waals surface area contributed by atoms with Crippen LogP contribution in [0.5, 0.6) is 0 Å². The van der Waals surface area contributed by atoms with E-state index < -0.39 is 12.1 Å². The number of fused-ring (bicyclic) bond motifs is 1. The number of nitrogens with one attached hydrogen (secondary N) is 3. The Morgan fingerprint density at radius 1 is 1.22 bits per heavy atom. The third-order valence-electron chi connectivity index (χ3n) is 7.01. The Morgan fingerprint density at radius 3 is 2.75 bits per heavy atom. The van der Waals surface area contributed by atoms with Gasteiger partial charge < -0.3 is 20.6 Å². The van der Waals surface area contributed by atoms with E-state index in [-0.39, 0.29) is 30.0 Å². The Hall–Kier alpha value is -3.04. The highest BCUT2D eigenvalue weighted by Crippen LogP contribution is 2.19. The van der Waals surface area contributed by atoms with Crippen molar-refractivity contribution in [3.8, 4) is 0 Å². The number of aliphatic hydroxyl groups excluding tert-OH is 1. The number of allylic oxidation sites excluding steroid dienone is 1. The second-order valence-corrected chi connectivity index (χ2v) is 9.70. The van der Waals surface area contributed by atoms with Gasteiger partial charge in [0.15, 0.2) is 0 Å². The van der Waals surface area contributed by atoms with Gasteiger partial charge in [-0.05, 0) is 49.9 Å². The number of likely N-dealkylation sites (tertiary alicyclic amines) is 1. The van der Waals surface area contributed by atoms with Gasteiger partial charge in [0.05, 0.1) is 12.1 Å². The van der Waals surface area contributed by atoms with Gasteiger partial charge in [0.2, 0.25) is 5.91 Å². The molecule has 9 nitrogen and oxygen atoms in total. The van der Waals surface area contributed by atoms with Crippen molar-refractivity contribution < 1.29 is 14.7 Å². The molecular weight excluding hydrogens is 456 g/mol. The van der Waals surface area contributed by atoms with E-state index in [2.05, 4.69) is 38.7 Å². The maximum atomic E-state index is 12.8. The molecular formula is C27H40N6O3. The molecule has 0 bridgehead atoms. The highest BCUT2D eigenvalue weighted by Gasteiger charge is 2.24. The third-order valence-corrected chi connectivity index (χ3v) is 7.01. The molecule has 0 spiro atoms. The summed E-state index contributed by atoms with van der Waals surface area (Å²) in [5.74, 6) is -0.268. The zero-order valence-electron chi connectivity index (χ0n) is 21.4. The summed E-state index contributed by atoms with van der Waals surface area (Å²) in [6.45, 7) is 7.07. The Bertz CT molecular complexity index is 963. The van der Waals surface area contributed by atoms with E-state index in [4.69, 9.17) is 5.41 Å². The molecule has 4 N–H and O–H groups in total. The summed E-state index contributed by atoms with van der Waals surface area (Å²) in [5, 5.41) is 24.3. The lowest BCUT2D eigenvalue weighted by atomic mass is 9.99. The van der Waals surface area contributed by atoms with Gasteiger partial charge in [-0.3, -0.25) is 19.9 Å². The van der Waals surface area contributed by atoms with Crippen molar-refractivity contribution in [3.05, 3.63) is 47.7 Å². The molecule has 0 radical (unpaired) electrons. The van der Waals surface area contributed by atoms with Crippen molar-refractivity contribution in [2.24, 2.45) is 4.99 Å². The zero-order valence-corrected chi connectivity index (χ0v) is 21.4. The van der Waals surface area contributed by atoms with Crippen molar-refractivity contribution in [1.29, 1.82) is 5.41 Å². The van der Waals surface area contributed by atoms with Crippen LogP contribution in [0.25, 0.3) is 0 Å². The van der Waals surface area contributed by atoms with Crippen LogP contribution >= 0.6 is 0 Å². The summed E-state index contributed by atoms with van der Waals surface area (Å²) in [6, 6.07) is 8.19. The molecule has 1 fully saturated rings. The molecule has 2 aliphatic heterocycles. The Labute approximate surface area is 214 Å². The van der Waals surface area contributed by atoms with Crippen LogP contribution in [0, 0.1) is 5.41 Å². The quantitative estimate of drug-likeness (QED) is 0.291. The standard InChI is InChI=1S/C27H40N6O3/c1-20(26(35)18-32-15-11-22-7-3-4-8-23(22)17-32)31-27(36)25(30-19-28)10-5-13-29-24-9-6-14-33(16-12-24)21(2)34/h3-5,7-8,13,19-20,24,26,28-29,35H,6,9-12,14-18H2,1-2H3,(H,31,36)/b13-5+,28-19?,30-25+/t20-,24+,26?/m0/s1. The molecule has 2 aliphatic rings. The molecule has 2 amide bonds. The lowest BCUT2D eigenvalue weighted by molar-refractivity contribution is -0.128. The average molecular weight is 497 g/mol. The number of carbonyl (C=O) groups excluding carboxylic acids is 2. The van der Waals surface area contributed by atoms with Gasteiger partial charge in [-0.25, -0.2) is 4.99 Å². The number of hydrogen-bond donors (Lipinski definition) is 4. The van der Waals surface area contributed by atoms with E-state index in [0.29, 0.717) is 6.54 Å². The topological polar surface area (TPSA) is 121 Å². The van der Waals surface area contributed by atoms with E-state index in [1.54, 1.807) is 13.8 Å². The molecule has 196 valence electrons. The fourth-order valence-electron chi connectivity index (χ4n) is 4.75. The monoisotopic (exact) mass is 496 g/mol. The molecule has 1 aromatic carbocycles. The summed E-state index contributed by atoms with van der Waals surface area (Å²) in [6.07, 6.45) is 7.83. The summed E-state index contributed by atoms with van der Waals surface area (Å²) in [4.78, 5) is 32.4. The predicted molar refractivity (Wildman–Crippen MR) is 142 cm³/mol. The second kappa shape index (κ2) is 13.9. The van der Waals surface area contributed by atoms with Crippen LogP contribution in [-0.2, 0) is 22.6 Å². The number of β-amino-alcohol motifs (C(OH)–C–C–N with tert-alkyl or cyclic N) is 1. The zero-order chi connectivity index (χ0) is 25.9. The van der Waals surface area contributed by atoms with Crippen molar-refractivity contribution in [2.75, 3.05) is 26.2 Å². The SMILES string of the molecule is CC(=O)N1CCC[C@@H](N/C=C/C/C(=N\C=N)C(=O)N[C@@H](C)C(O)CN2CCc3ccccc3C2)CC1. The van der Waals surface area contributed by atoms with Crippen LogP contribution in [0.1, 0.15) is 50.7 Å². The molecule has 9 heteroatoms. The minimum Gasteiger partial charge on any atom is -0.390 e. The molecule has 0 aliphatic carbocycles. The smallest absolute Gasteiger partial charge is 0.266 e. The lowest BCUT2D eigenvalue weighted by Crippen LogP contribution is -2.49. The average Bonchev–Trinajstić information content (AvgIpc) is 3.11. The largest absolute Gasteiger partial charge is 0.390 e. The van der Waals surface area contributed by atoms with Gasteiger partial charge in [-0.1, -0.05) is 30.3 Å². The predicted octanol–water partition coefficient (Wildman–Crippen LogP) is 1.85. The summed E-state index contributed by atoms with van der Waals surface area (Å²) < 4.78 is 0. The van der Waals surface area contributed by atoms with Gasteiger partial charge >= 0.3 is 0 Å². The minimum atomic E-state index is -0.720. The van der Waals surface area contributed by atoms with Crippen LogP contribution in [-0.4, -0.2) is 83.1 Å². The maximum absolute atomic E-state index is 12.8.